The van der Waals surface area contributed by atoms with Crippen LogP contribution in [0.5, 0.6) is 0 Å². The minimum absolute atomic E-state index is 0.203. The minimum atomic E-state index is -0.203. The van der Waals surface area contributed by atoms with Gasteiger partial charge in [0.2, 0.25) is 0 Å². The first-order chi connectivity index (χ1) is 8.49. The zero-order valence-electron chi connectivity index (χ0n) is 11.6. The van der Waals surface area contributed by atoms with Crippen LogP contribution in [0.2, 0.25) is 0 Å². The summed E-state index contributed by atoms with van der Waals surface area (Å²) in [6.07, 6.45) is 2.37. The van der Waals surface area contributed by atoms with E-state index in [1.165, 1.54) is 25.0 Å². The first kappa shape index (κ1) is 15.6. The lowest BCUT2D eigenvalue weighted by atomic mass is 9.94. The van der Waals surface area contributed by atoms with Crippen LogP contribution in [-0.4, -0.2) is 6.04 Å². The Labute approximate surface area is 118 Å². The highest BCUT2D eigenvalue weighted by atomic mass is 79.9. The van der Waals surface area contributed by atoms with Gasteiger partial charge in [0.1, 0.15) is 5.82 Å². The van der Waals surface area contributed by atoms with Crippen molar-refractivity contribution in [3.05, 3.63) is 34.1 Å². The average molecular weight is 316 g/mol. The highest BCUT2D eigenvalue weighted by molar-refractivity contribution is 9.10. The zero-order chi connectivity index (χ0) is 13.7. The molecule has 0 amide bonds. The number of halogens is 2. The van der Waals surface area contributed by atoms with Crippen LogP contribution in [0, 0.1) is 11.7 Å². The molecule has 0 spiro atoms. The van der Waals surface area contributed by atoms with E-state index in [0.717, 1.165) is 10.0 Å². The van der Waals surface area contributed by atoms with Gasteiger partial charge >= 0.3 is 0 Å². The minimum Gasteiger partial charge on any atom is -0.307 e. The van der Waals surface area contributed by atoms with E-state index in [1.54, 1.807) is 0 Å². The van der Waals surface area contributed by atoms with Crippen LogP contribution in [-0.2, 0) is 0 Å². The van der Waals surface area contributed by atoms with E-state index in [0.29, 0.717) is 12.0 Å². The van der Waals surface area contributed by atoms with Crippen LogP contribution in [0.1, 0.15) is 52.1 Å². The smallest absolute Gasteiger partial charge is 0.124 e. The summed E-state index contributed by atoms with van der Waals surface area (Å²) in [5.74, 6) is 0.484. The molecule has 0 fully saturated rings. The van der Waals surface area contributed by atoms with Gasteiger partial charge in [0.15, 0.2) is 0 Å². The number of hydrogen-bond donors (Lipinski definition) is 1. The Kier molecular flexibility index (Phi) is 6.30. The van der Waals surface area contributed by atoms with Gasteiger partial charge in [-0.05, 0) is 37.5 Å². The largest absolute Gasteiger partial charge is 0.307 e. The normalized spacial score (nSPS) is 14.8. The SMILES string of the molecule is CCC(CC)C(C)NC(C)c1ccc(F)cc1Br. The van der Waals surface area contributed by atoms with Crippen molar-refractivity contribution in [3.8, 4) is 0 Å². The Hall–Kier alpha value is -0.410. The highest BCUT2D eigenvalue weighted by Gasteiger charge is 2.17. The number of rotatable bonds is 6. The molecule has 3 heteroatoms. The quantitative estimate of drug-likeness (QED) is 0.773. The summed E-state index contributed by atoms with van der Waals surface area (Å²) in [6, 6.07) is 5.56. The molecule has 0 aliphatic heterocycles. The van der Waals surface area contributed by atoms with Crippen molar-refractivity contribution < 1.29 is 4.39 Å². The van der Waals surface area contributed by atoms with Crippen molar-refractivity contribution in [2.75, 3.05) is 0 Å². The first-order valence-electron chi connectivity index (χ1n) is 6.70. The van der Waals surface area contributed by atoms with Crippen molar-refractivity contribution in [1.29, 1.82) is 0 Å². The summed E-state index contributed by atoms with van der Waals surface area (Å²) in [6.45, 7) is 8.80. The Bertz CT molecular complexity index is 377. The second kappa shape index (κ2) is 7.25. The molecule has 2 atom stereocenters. The van der Waals surface area contributed by atoms with Crippen molar-refractivity contribution in [1.82, 2.24) is 5.32 Å². The van der Waals surface area contributed by atoms with Gasteiger partial charge in [0.25, 0.3) is 0 Å². The second-order valence-electron chi connectivity index (χ2n) is 4.92. The molecule has 0 heterocycles. The molecule has 0 bridgehead atoms. The molecule has 18 heavy (non-hydrogen) atoms. The molecule has 1 rings (SSSR count). The highest BCUT2D eigenvalue weighted by Crippen LogP contribution is 2.25. The van der Waals surface area contributed by atoms with E-state index in [4.69, 9.17) is 0 Å². The summed E-state index contributed by atoms with van der Waals surface area (Å²) in [5.41, 5.74) is 1.11. The molecular weight excluding hydrogens is 293 g/mol. The lowest BCUT2D eigenvalue weighted by molar-refractivity contribution is 0.329. The third-order valence-corrected chi connectivity index (χ3v) is 4.38. The van der Waals surface area contributed by atoms with E-state index in [1.807, 2.05) is 6.07 Å². The van der Waals surface area contributed by atoms with Crippen molar-refractivity contribution in [2.24, 2.45) is 5.92 Å². The van der Waals surface area contributed by atoms with Crippen LogP contribution in [0.4, 0.5) is 4.39 Å². The fraction of sp³-hybridized carbons (Fsp3) is 0.600. The molecule has 0 aliphatic rings. The lowest BCUT2D eigenvalue weighted by Gasteiger charge is -2.27. The molecule has 0 radical (unpaired) electrons. The Balaban J connectivity index is 2.72. The Morgan fingerprint density at radius 2 is 1.83 bits per heavy atom. The van der Waals surface area contributed by atoms with Crippen molar-refractivity contribution in [3.63, 3.8) is 0 Å². The molecule has 102 valence electrons. The third-order valence-electron chi connectivity index (χ3n) is 3.70. The monoisotopic (exact) mass is 315 g/mol. The van der Waals surface area contributed by atoms with Gasteiger partial charge in [-0.25, -0.2) is 4.39 Å². The van der Waals surface area contributed by atoms with Gasteiger partial charge in [0.05, 0.1) is 0 Å². The summed E-state index contributed by atoms with van der Waals surface area (Å²) >= 11 is 3.43. The number of hydrogen-bond acceptors (Lipinski definition) is 1. The second-order valence-corrected chi connectivity index (χ2v) is 5.77. The van der Waals surface area contributed by atoms with E-state index >= 15 is 0 Å². The average Bonchev–Trinajstić information content (AvgIpc) is 2.30. The van der Waals surface area contributed by atoms with Crippen LogP contribution in [0.25, 0.3) is 0 Å². The maximum Gasteiger partial charge on any atom is 0.124 e. The van der Waals surface area contributed by atoms with Gasteiger partial charge in [-0.3, -0.25) is 0 Å². The van der Waals surface area contributed by atoms with Crippen molar-refractivity contribution in [2.45, 2.75) is 52.6 Å². The molecule has 0 saturated heterocycles. The topological polar surface area (TPSA) is 12.0 Å². The van der Waals surface area contributed by atoms with Crippen LogP contribution >= 0.6 is 15.9 Å². The Morgan fingerprint density at radius 1 is 1.22 bits per heavy atom. The van der Waals surface area contributed by atoms with E-state index in [-0.39, 0.29) is 11.9 Å². The van der Waals surface area contributed by atoms with Crippen molar-refractivity contribution >= 4 is 15.9 Å². The standard InChI is InChI=1S/C15H23BrFN/c1-5-12(6-2)10(3)18-11(4)14-8-7-13(17)9-15(14)16/h7-12,18H,5-6H2,1-4H3. The molecule has 1 N–H and O–H groups in total. The summed E-state index contributed by atoms with van der Waals surface area (Å²) in [5, 5.41) is 3.61. The fourth-order valence-electron chi connectivity index (χ4n) is 2.47. The zero-order valence-corrected chi connectivity index (χ0v) is 13.2. The van der Waals surface area contributed by atoms with Crippen LogP contribution < -0.4 is 5.32 Å². The van der Waals surface area contributed by atoms with Gasteiger partial charge < -0.3 is 5.32 Å². The van der Waals surface area contributed by atoms with E-state index in [9.17, 15) is 4.39 Å². The van der Waals surface area contributed by atoms with E-state index < -0.39 is 0 Å². The lowest BCUT2D eigenvalue weighted by Crippen LogP contribution is -2.35. The fourth-order valence-corrected chi connectivity index (χ4v) is 3.16. The van der Waals surface area contributed by atoms with Crippen LogP contribution in [0.15, 0.2) is 22.7 Å². The molecule has 1 aromatic carbocycles. The molecule has 0 aliphatic carbocycles. The molecule has 2 unspecified atom stereocenters. The summed E-state index contributed by atoms with van der Waals surface area (Å²) in [4.78, 5) is 0. The molecule has 0 saturated carbocycles. The summed E-state index contributed by atoms with van der Waals surface area (Å²) < 4.78 is 13.9. The predicted octanol–water partition coefficient (Wildman–Crippen LogP) is 5.06. The van der Waals surface area contributed by atoms with Gasteiger partial charge in [0, 0.05) is 16.6 Å². The molecule has 0 aromatic heterocycles. The van der Waals surface area contributed by atoms with Gasteiger partial charge in [-0.2, -0.15) is 0 Å². The first-order valence-corrected chi connectivity index (χ1v) is 7.49. The molecule has 1 nitrogen and oxygen atoms in total. The van der Waals surface area contributed by atoms with Gasteiger partial charge in [-0.1, -0.05) is 48.7 Å². The predicted molar refractivity (Wildman–Crippen MR) is 79.2 cm³/mol. The third kappa shape index (κ3) is 4.06. The number of nitrogens with one attached hydrogen (secondary N) is 1. The Morgan fingerprint density at radius 3 is 2.33 bits per heavy atom. The van der Waals surface area contributed by atoms with Crippen LogP contribution in [0.3, 0.4) is 0 Å². The summed E-state index contributed by atoms with van der Waals surface area (Å²) in [7, 11) is 0. The maximum atomic E-state index is 13.1. The van der Waals surface area contributed by atoms with E-state index in [2.05, 4.69) is 48.9 Å². The van der Waals surface area contributed by atoms with Gasteiger partial charge in [-0.15, -0.1) is 0 Å². The molecule has 1 aromatic rings. The molecular formula is C15H23BrFN. The maximum absolute atomic E-state index is 13.1. The number of benzene rings is 1.